The van der Waals surface area contributed by atoms with E-state index in [1.165, 1.54) is 6.21 Å². The van der Waals surface area contributed by atoms with E-state index in [2.05, 4.69) is 10.5 Å². The molecule has 0 radical (unpaired) electrons. The summed E-state index contributed by atoms with van der Waals surface area (Å²) in [5, 5.41) is 5.05. The number of nitrogens with zero attached hydrogens (tertiary/aromatic N) is 1. The van der Waals surface area contributed by atoms with Crippen molar-refractivity contribution in [2.45, 2.75) is 6.61 Å². The summed E-state index contributed by atoms with van der Waals surface area (Å²) in [5.74, 6) is 1.37. The highest BCUT2D eigenvalue weighted by Gasteiger charge is 2.10. The molecule has 0 aliphatic rings. The third-order valence-corrected chi connectivity index (χ3v) is 5.06. The van der Waals surface area contributed by atoms with E-state index in [1.54, 1.807) is 74.9 Å². The first kappa shape index (κ1) is 22.5. The fraction of sp³-hybridized carbons (Fsp3) is 0.130. The van der Waals surface area contributed by atoms with Crippen LogP contribution in [0.5, 0.6) is 17.2 Å². The molecule has 31 heavy (non-hydrogen) atoms. The topological polar surface area (TPSA) is 69.2 Å². The minimum atomic E-state index is -0.336. The van der Waals surface area contributed by atoms with E-state index in [1.807, 2.05) is 0 Å². The number of carbonyl (C=O) groups is 1. The lowest BCUT2D eigenvalue weighted by Crippen LogP contribution is -2.17. The van der Waals surface area contributed by atoms with Gasteiger partial charge in [-0.1, -0.05) is 29.3 Å². The van der Waals surface area contributed by atoms with Crippen LogP contribution in [-0.4, -0.2) is 26.3 Å². The zero-order valence-electron chi connectivity index (χ0n) is 16.9. The van der Waals surface area contributed by atoms with Gasteiger partial charge in [-0.15, -0.1) is 0 Å². The molecule has 1 N–H and O–H groups in total. The van der Waals surface area contributed by atoms with Crippen molar-refractivity contribution in [3.8, 4) is 17.2 Å². The van der Waals surface area contributed by atoms with E-state index in [-0.39, 0.29) is 12.5 Å². The smallest absolute Gasteiger partial charge is 0.271 e. The van der Waals surface area contributed by atoms with E-state index in [4.69, 9.17) is 37.4 Å². The Bertz CT molecular complexity index is 1070. The molecule has 0 bridgehead atoms. The summed E-state index contributed by atoms with van der Waals surface area (Å²) in [6, 6.07) is 17.3. The van der Waals surface area contributed by atoms with E-state index < -0.39 is 0 Å². The largest absolute Gasteiger partial charge is 0.497 e. The maximum Gasteiger partial charge on any atom is 0.271 e. The van der Waals surface area contributed by atoms with Gasteiger partial charge in [0.15, 0.2) is 11.5 Å². The highest BCUT2D eigenvalue weighted by molar-refractivity contribution is 6.35. The quantitative estimate of drug-likeness (QED) is 0.364. The number of halogens is 2. The number of nitrogens with one attached hydrogen (secondary N) is 1. The van der Waals surface area contributed by atoms with E-state index in [0.717, 1.165) is 0 Å². The van der Waals surface area contributed by atoms with Crippen LogP contribution in [0.25, 0.3) is 0 Å². The maximum atomic E-state index is 12.2. The van der Waals surface area contributed by atoms with Crippen molar-refractivity contribution in [1.29, 1.82) is 0 Å². The Labute approximate surface area is 190 Å². The molecule has 6 nitrogen and oxygen atoms in total. The van der Waals surface area contributed by atoms with Crippen molar-refractivity contribution < 1.29 is 19.0 Å². The Kier molecular flexibility index (Phi) is 7.76. The number of benzene rings is 3. The van der Waals surface area contributed by atoms with Crippen LogP contribution < -0.4 is 19.6 Å². The number of ether oxygens (including phenoxy) is 3. The zero-order valence-corrected chi connectivity index (χ0v) is 18.4. The molecule has 0 fully saturated rings. The monoisotopic (exact) mass is 458 g/mol. The van der Waals surface area contributed by atoms with Gasteiger partial charge in [0.2, 0.25) is 0 Å². The summed E-state index contributed by atoms with van der Waals surface area (Å²) >= 11 is 12.4. The van der Waals surface area contributed by atoms with Gasteiger partial charge >= 0.3 is 0 Å². The minimum Gasteiger partial charge on any atom is -0.497 e. The second kappa shape index (κ2) is 10.7. The van der Waals surface area contributed by atoms with Crippen molar-refractivity contribution >= 4 is 35.3 Å². The van der Waals surface area contributed by atoms with Crippen LogP contribution >= 0.6 is 23.2 Å². The number of hydrogen-bond acceptors (Lipinski definition) is 5. The van der Waals surface area contributed by atoms with Crippen molar-refractivity contribution in [3.05, 3.63) is 87.4 Å². The normalized spacial score (nSPS) is 10.7. The summed E-state index contributed by atoms with van der Waals surface area (Å²) in [7, 11) is 3.11. The lowest BCUT2D eigenvalue weighted by atomic mass is 10.2. The van der Waals surface area contributed by atoms with Gasteiger partial charge < -0.3 is 14.2 Å². The lowest BCUT2D eigenvalue weighted by Gasteiger charge is -2.13. The molecule has 3 aromatic rings. The maximum absolute atomic E-state index is 12.2. The van der Waals surface area contributed by atoms with Gasteiger partial charge in [-0.05, 0) is 60.2 Å². The summed E-state index contributed by atoms with van der Waals surface area (Å²) < 4.78 is 16.3. The number of hydrogen-bond donors (Lipinski definition) is 1. The molecule has 0 saturated carbocycles. The predicted octanol–water partition coefficient (Wildman–Crippen LogP) is 5.35. The van der Waals surface area contributed by atoms with Crippen LogP contribution in [-0.2, 0) is 6.61 Å². The second-order valence-corrected chi connectivity index (χ2v) is 7.14. The lowest BCUT2D eigenvalue weighted by molar-refractivity contribution is 0.0955. The number of methoxy groups -OCH3 is 2. The Morgan fingerprint density at radius 2 is 1.68 bits per heavy atom. The molecule has 0 aliphatic carbocycles. The third kappa shape index (κ3) is 5.90. The van der Waals surface area contributed by atoms with Crippen LogP contribution in [0.15, 0.2) is 65.8 Å². The summed E-state index contributed by atoms with van der Waals surface area (Å²) in [6.45, 7) is 0.170. The Morgan fingerprint density at radius 3 is 2.32 bits per heavy atom. The van der Waals surface area contributed by atoms with Crippen LogP contribution in [0, 0.1) is 0 Å². The summed E-state index contributed by atoms with van der Waals surface area (Å²) in [6.07, 6.45) is 1.51. The van der Waals surface area contributed by atoms with Crippen LogP contribution in [0.3, 0.4) is 0 Å². The summed E-state index contributed by atoms with van der Waals surface area (Å²) in [5.41, 5.74) is 4.34. The van der Waals surface area contributed by atoms with Crippen molar-refractivity contribution in [1.82, 2.24) is 5.43 Å². The van der Waals surface area contributed by atoms with Gasteiger partial charge in [0.05, 0.1) is 20.4 Å². The molecule has 3 rings (SSSR count). The van der Waals surface area contributed by atoms with Gasteiger partial charge in [0.25, 0.3) is 5.91 Å². The molecule has 160 valence electrons. The molecule has 0 atom stereocenters. The van der Waals surface area contributed by atoms with Gasteiger partial charge in [-0.2, -0.15) is 5.10 Å². The Morgan fingerprint density at radius 1 is 0.968 bits per heavy atom. The van der Waals surface area contributed by atoms with Crippen molar-refractivity contribution in [2.75, 3.05) is 14.2 Å². The molecular weight excluding hydrogens is 439 g/mol. The average molecular weight is 459 g/mol. The van der Waals surface area contributed by atoms with Crippen LogP contribution in [0.4, 0.5) is 0 Å². The first-order valence-corrected chi connectivity index (χ1v) is 9.98. The fourth-order valence-corrected chi connectivity index (χ4v) is 3.19. The molecule has 0 aliphatic heterocycles. The van der Waals surface area contributed by atoms with E-state index in [0.29, 0.717) is 44.0 Å². The van der Waals surface area contributed by atoms with E-state index >= 15 is 0 Å². The molecule has 0 spiro atoms. The second-order valence-electron chi connectivity index (χ2n) is 6.33. The molecule has 0 unspecified atom stereocenters. The standard InChI is InChI=1S/C23H20Cl2N2O4/c1-29-17-9-7-16(8-10-17)23(28)27-26-13-15-6-11-21(30-2)22(12-15)31-14-18-19(24)4-3-5-20(18)25/h3-13H,14H2,1-2H3,(H,27,28)/b26-13-. The van der Waals surface area contributed by atoms with Crippen molar-refractivity contribution in [2.24, 2.45) is 5.10 Å². The summed E-state index contributed by atoms with van der Waals surface area (Å²) in [4.78, 5) is 12.2. The first-order valence-electron chi connectivity index (χ1n) is 9.23. The van der Waals surface area contributed by atoms with E-state index in [9.17, 15) is 4.79 Å². The molecular formula is C23H20Cl2N2O4. The Hall–Kier alpha value is -3.22. The number of hydrazone groups is 1. The van der Waals surface area contributed by atoms with Gasteiger partial charge in [-0.25, -0.2) is 5.43 Å². The zero-order chi connectivity index (χ0) is 22.2. The number of carbonyl (C=O) groups excluding carboxylic acids is 1. The SMILES string of the molecule is COc1ccc(C(=O)N/N=C\c2ccc(OC)c(OCc3c(Cl)cccc3Cl)c2)cc1. The highest BCUT2D eigenvalue weighted by Crippen LogP contribution is 2.31. The highest BCUT2D eigenvalue weighted by atomic mass is 35.5. The molecule has 0 aromatic heterocycles. The average Bonchev–Trinajstić information content (AvgIpc) is 2.79. The third-order valence-electron chi connectivity index (χ3n) is 4.35. The fourth-order valence-electron chi connectivity index (χ4n) is 2.68. The first-order chi connectivity index (χ1) is 15.0. The molecule has 3 aromatic carbocycles. The Balaban J connectivity index is 1.68. The predicted molar refractivity (Wildman–Crippen MR) is 122 cm³/mol. The number of rotatable bonds is 8. The minimum absolute atomic E-state index is 0.170. The number of amides is 1. The molecule has 0 saturated heterocycles. The molecule has 0 heterocycles. The van der Waals surface area contributed by atoms with Gasteiger partial charge in [0.1, 0.15) is 12.4 Å². The molecule has 1 amide bonds. The van der Waals surface area contributed by atoms with Gasteiger partial charge in [0, 0.05) is 21.2 Å². The van der Waals surface area contributed by atoms with Crippen molar-refractivity contribution in [3.63, 3.8) is 0 Å². The van der Waals surface area contributed by atoms with Gasteiger partial charge in [-0.3, -0.25) is 4.79 Å². The van der Waals surface area contributed by atoms with Crippen LogP contribution in [0.2, 0.25) is 10.0 Å². The molecule has 8 heteroatoms. The van der Waals surface area contributed by atoms with Crippen LogP contribution in [0.1, 0.15) is 21.5 Å².